The molecule has 5 rings (SSSR count). The molecule has 0 atom stereocenters. The van der Waals surface area contributed by atoms with Gasteiger partial charge >= 0.3 is 0 Å². The fourth-order valence-corrected chi connectivity index (χ4v) is 3.80. The van der Waals surface area contributed by atoms with Crippen molar-refractivity contribution in [1.82, 2.24) is 15.0 Å². The van der Waals surface area contributed by atoms with Crippen molar-refractivity contribution >= 4 is 17.2 Å². The summed E-state index contributed by atoms with van der Waals surface area (Å²) in [7, 11) is 0. The number of hydrogen-bond acceptors (Lipinski definition) is 3. The van der Waals surface area contributed by atoms with E-state index in [1.54, 1.807) is 0 Å². The van der Waals surface area contributed by atoms with Crippen LogP contribution in [0, 0.1) is 0 Å². The minimum absolute atomic E-state index is 0.213. The van der Waals surface area contributed by atoms with Crippen molar-refractivity contribution in [2.45, 2.75) is 12.8 Å². The van der Waals surface area contributed by atoms with Crippen LogP contribution in [0.3, 0.4) is 0 Å². The van der Waals surface area contributed by atoms with Crippen molar-refractivity contribution in [3.05, 3.63) is 95.1 Å². The molecule has 0 amide bonds. The third-order valence-corrected chi connectivity index (χ3v) is 5.08. The van der Waals surface area contributed by atoms with Gasteiger partial charge in [0.15, 0.2) is 11.6 Å². The molecule has 130 valence electrons. The largest absolute Gasteiger partial charge is 0.226 e. The van der Waals surface area contributed by atoms with Crippen molar-refractivity contribution in [3.8, 4) is 22.5 Å². The summed E-state index contributed by atoms with van der Waals surface area (Å²) in [4.78, 5) is 13.4. The fraction of sp³-hybridized carbons (Fsp3) is 0.0870. The molecule has 27 heavy (non-hydrogen) atoms. The summed E-state index contributed by atoms with van der Waals surface area (Å²) < 4.78 is 0. The highest BCUT2D eigenvalue weighted by Crippen LogP contribution is 2.38. The minimum Gasteiger partial charge on any atom is -0.208 e. The van der Waals surface area contributed by atoms with Crippen LogP contribution in [0.2, 0.25) is 5.28 Å². The fourth-order valence-electron chi connectivity index (χ4n) is 3.64. The molecule has 4 heteroatoms. The molecule has 0 spiro atoms. The lowest BCUT2D eigenvalue weighted by atomic mass is 10.0. The molecule has 0 bridgehead atoms. The molecule has 3 nitrogen and oxygen atoms in total. The van der Waals surface area contributed by atoms with E-state index in [0.29, 0.717) is 11.6 Å². The van der Waals surface area contributed by atoms with E-state index in [-0.39, 0.29) is 5.28 Å². The maximum atomic E-state index is 6.22. The molecule has 0 fully saturated rings. The predicted molar refractivity (Wildman–Crippen MR) is 109 cm³/mol. The Morgan fingerprint density at radius 2 is 1.67 bits per heavy atom. The van der Waals surface area contributed by atoms with E-state index in [4.69, 9.17) is 11.6 Å². The van der Waals surface area contributed by atoms with E-state index < -0.39 is 0 Å². The van der Waals surface area contributed by atoms with Crippen LogP contribution < -0.4 is 0 Å². The van der Waals surface area contributed by atoms with E-state index in [1.807, 2.05) is 18.2 Å². The highest BCUT2D eigenvalue weighted by atomic mass is 35.5. The number of allylic oxidation sites excluding steroid dienone is 6. The van der Waals surface area contributed by atoms with Crippen molar-refractivity contribution in [2.24, 2.45) is 0 Å². The molecule has 0 aliphatic heterocycles. The second-order valence-corrected chi connectivity index (χ2v) is 6.98. The molecule has 2 aliphatic carbocycles. The first-order valence-corrected chi connectivity index (χ1v) is 9.32. The van der Waals surface area contributed by atoms with Crippen molar-refractivity contribution in [3.63, 3.8) is 0 Å². The zero-order chi connectivity index (χ0) is 18.2. The Bertz CT molecular complexity index is 1140. The van der Waals surface area contributed by atoms with Crippen LogP contribution in [0.1, 0.15) is 23.4 Å². The topological polar surface area (TPSA) is 38.7 Å². The molecule has 0 unspecified atom stereocenters. The average Bonchev–Trinajstić information content (AvgIpc) is 2.85. The van der Waals surface area contributed by atoms with Crippen LogP contribution in [0.4, 0.5) is 0 Å². The predicted octanol–water partition coefficient (Wildman–Crippen LogP) is 5.66. The Kier molecular flexibility index (Phi) is 3.95. The molecular weight excluding hydrogens is 354 g/mol. The molecule has 2 aliphatic rings. The molecule has 1 aromatic heterocycles. The standard InChI is InChI=1S/C23H16ClN3/c24-23-26-21(15-7-3-1-2-4-8-15)25-22(27-23)17-11-12-20-18(14-17)13-16-9-5-6-10-19(16)20/h1-3,5-12,14H,4,13H2. The SMILES string of the molecule is Clc1nc(C2=CCC=CC=C2)nc(-c2ccc3c(c2)Cc2ccccc2-3)n1. The van der Waals surface area contributed by atoms with E-state index in [2.05, 4.69) is 69.6 Å². The van der Waals surface area contributed by atoms with Gasteiger partial charge in [0.05, 0.1) is 0 Å². The molecule has 3 aromatic rings. The summed E-state index contributed by atoms with van der Waals surface area (Å²) in [5, 5.41) is 0.213. The summed E-state index contributed by atoms with van der Waals surface area (Å²) >= 11 is 6.22. The number of nitrogens with zero attached hydrogens (tertiary/aromatic N) is 3. The summed E-state index contributed by atoms with van der Waals surface area (Å²) in [6.45, 7) is 0. The van der Waals surface area contributed by atoms with Gasteiger partial charge in [0.1, 0.15) is 0 Å². The third-order valence-electron chi connectivity index (χ3n) is 4.92. The van der Waals surface area contributed by atoms with Gasteiger partial charge in [0, 0.05) is 11.1 Å². The van der Waals surface area contributed by atoms with Crippen LogP contribution in [0.25, 0.3) is 28.1 Å². The quantitative estimate of drug-likeness (QED) is 0.457. The number of hydrogen-bond donors (Lipinski definition) is 0. The third kappa shape index (κ3) is 3.00. The summed E-state index contributed by atoms with van der Waals surface area (Å²) in [5.74, 6) is 1.21. The van der Waals surface area contributed by atoms with Gasteiger partial charge in [-0.15, -0.1) is 0 Å². The maximum Gasteiger partial charge on any atom is 0.226 e. The summed E-state index contributed by atoms with van der Waals surface area (Å²) in [6, 6.07) is 14.9. The van der Waals surface area contributed by atoms with E-state index in [1.165, 1.54) is 22.3 Å². The summed E-state index contributed by atoms with van der Waals surface area (Å²) in [6.07, 6.45) is 12.0. The van der Waals surface area contributed by atoms with Gasteiger partial charge in [-0.2, -0.15) is 9.97 Å². The second kappa shape index (κ2) is 6.60. The van der Waals surface area contributed by atoms with Crippen molar-refractivity contribution < 1.29 is 0 Å². The Morgan fingerprint density at radius 3 is 2.63 bits per heavy atom. The number of halogens is 1. The first kappa shape index (κ1) is 16.2. The lowest BCUT2D eigenvalue weighted by Gasteiger charge is -2.07. The molecular formula is C23H16ClN3. The van der Waals surface area contributed by atoms with Gasteiger partial charge in [-0.1, -0.05) is 66.8 Å². The molecule has 0 N–H and O–H groups in total. The molecule has 1 heterocycles. The van der Waals surface area contributed by atoms with Gasteiger partial charge < -0.3 is 0 Å². The average molecular weight is 370 g/mol. The van der Waals surface area contributed by atoms with Crippen LogP contribution >= 0.6 is 11.6 Å². The van der Waals surface area contributed by atoms with Gasteiger partial charge in [0.2, 0.25) is 5.28 Å². The normalized spacial score (nSPS) is 14.5. The van der Waals surface area contributed by atoms with Crippen LogP contribution in [-0.2, 0) is 6.42 Å². The Morgan fingerprint density at radius 1 is 0.815 bits per heavy atom. The van der Waals surface area contributed by atoms with Crippen molar-refractivity contribution in [2.75, 3.05) is 0 Å². The van der Waals surface area contributed by atoms with Gasteiger partial charge in [-0.25, -0.2) is 4.98 Å². The maximum absolute atomic E-state index is 6.22. The van der Waals surface area contributed by atoms with E-state index in [0.717, 1.165) is 24.0 Å². The van der Waals surface area contributed by atoms with Crippen LogP contribution in [0.15, 0.2) is 72.8 Å². The first-order valence-electron chi connectivity index (χ1n) is 8.95. The summed E-state index contributed by atoms with van der Waals surface area (Å²) in [5.41, 5.74) is 7.18. The Labute approximate surface area is 162 Å². The minimum atomic E-state index is 0.213. The van der Waals surface area contributed by atoms with Crippen LogP contribution in [-0.4, -0.2) is 15.0 Å². The lowest BCUT2D eigenvalue weighted by molar-refractivity contribution is 1.03. The highest BCUT2D eigenvalue weighted by Gasteiger charge is 2.19. The monoisotopic (exact) mass is 369 g/mol. The number of rotatable bonds is 2. The zero-order valence-corrected chi connectivity index (χ0v) is 15.3. The first-order chi connectivity index (χ1) is 13.3. The number of benzene rings is 2. The number of fused-ring (bicyclic) bond motifs is 3. The van der Waals surface area contributed by atoms with Crippen LogP contribution in [0.5, 0.6) is 0 Å². The Hall–Kier alpha value is -3.04. The smallest absolute Gasteiger partial charge is 0.208 e. The van der Waals surface area contributed by atoms with Gasteiger partial charge in [-0.3, -0.25) is 0 Å². The molecule has 0 radical (unpaired) electrons. The Balaban J connectivity index is 1.56. The zero-order valence-electron chi connectivity index (χ0n) is 14.6. The molecule has 0 saturated carbocycles. The van der Waals surface area contributed by atoms with E-state index in [9.17, 15) is 0 Å². The second-order valence-electron chi connectivity index (χ2n) is 6.64. The molecule has 2 aromatic carbocycles. The van der Waals surface area contributed by atoms with Gasteiger partial charge in [-0.05, 0) is 52.8 Å². The lowest BCUT2D eigenvalue weighted by Crippen LogP contribution is -2.00. The van der Waals surface area contributed by atoms with E-state index >= 15 is 0 Å². The van der Waals surface area contributed by atoms with Crippen molar-refractivity contribution in [1.29, 1.82) is 0 Å². The number of aromatic nitrogens is 3. The van der Waals surface area contributed by atoms with Gasteiger partial charge in [0.25, 0.3) is 0 Å². The highest BCUT2D eigenvalue weighted by molar-refractivity contribution is 6.28. The molecule has 0 saturated heterocycles.